The first kappa shape index (κ1) is 16.5. The van der Waals surface area contributed by atoms with Crippen molar-refractivity contribution in [3.8, 4) is 0 Å². The third-order valence-electron chi connectivity index (χ3n) is 4.68. The average Bonchev–Trinajstić information content (AvgIpc) is 2.69. The van der Waals surface area contributed by atoms with Crippen molar-refractivity contribution in [3.05, 3.63) is 75.7 Å². The molecule has 1 aromatic heterocycles. The maximum Gasteiger partial charge on any atom is 0.272 e. The highest BCUT2D eigenvalue weighted by atomic mass is 16.5. The minimum Gasteiger partial charge on any atom is -0.371 e. The molecule has 1 amide bonds. The largest absolute Gasteiger partial charge is 0.371 e. The number of rotatable bonds is 4. The molecule has 26 heavy (non-hydrogen) atoms. The third-order valence-corrected chi connectivity index (χ3v) is 4.68. The van der Waals surface area contributed by atoms with E-state index in [1.807, 2.05) is 24.3 Å². The topological polar surface area (TPSA) is 84.1 Å². The molecule has 6 heteroatoms. The lowest BCUT2D eigenvalue weighted by Gasteiger charge is -2.26. The number of aromatic amines is 1. The quantitative estimate of drug-likeness (QED) is 0.753. The normalized spacial score (nSPS) is 16.2. The van der Waals surface area contributed by atoms with Gasteiger partial charge in [0.1, 0.15) is 6.10 Å². The number of fused-ring (bicyclic) bond motifs is 2. The summed E-state index contributed by atoms with van der Waals surface area (Å²) in [5.41, 5.74) is 2.71. The van der Waals surface area contributed by atoms with E-state index in [0.29, 0.717) is 29.6 Å². The van der Waals surface area contributed by atoms with Crippen molar-refractivity contribution in [1.82, 2.24) is 15.5 Å². The highest BCUT2D eigenvalue weighted by molar-refractivity contribution is 5.88. The lowest BCUT2D eigenvalue weighted by atomic mass is 9.97. The molecule has 1 unspecified atom stereocenters. The zero-order valence-electron chi connectivity index (χ0n) is 14.2. The van der Waals surface area contributed by atoms with Gasteiger partial charge in [0, 0.05) is 11.9 Å². The van der Waals surface area contributed by atoms with Gasteiger partial charge in [-0.3, -0.25) is 9.59 Å². The van der Waals surface area contributed by atoms with E-state index >= 15 is 0 Å². The molecule has 0 saturated heterocycles. The molecule has 1 aliphatic heterocycles. The molecule has 2 aromatic carbocycles. The second-order valence-corrected chi connectivity index (χ2v) is 6.33. The standard InChI is InChI=1S/C20H19N3O3/c24-19(11-17-15-7-3-4-8-16(15)20(25)23-22-17)21-12-18-14-6-2-1-5-13(14)9-10-26-18/h1-8,18H,9-12H2,(H,21,24)(H,23,25). The van der Waals surface area contributed by atoms with E-state index in [1.165, 1.54) is 5.56 Å². The molecule has 0 radical (unpaired) electrons. The highest BCUT2D eigenvalue weighted by Crippen LogP contribution is 2.26. The molecule has 1 aliphatic rings. The van der Waals surface area contributed by atoms with Crippen molar-refractivity contribution < 1.29 is 9.53 Å². The Morgan fingerprint density at radius 2 is 1.92 bits per heavy atom. The van der Waals surface area contributed by atoms with Crippen LogP contribution in [0.3, 0.4) is 0 Å². The second kappa shape index (κ2) is 7.09. The predicted octanol–water partition coefficient (Wildman–Crippen LogP) is 1.90. The zero-order chi connectivity index (χ0) is 17.9. The molecular weight excluding hydrogens is 330 g/mol. The van der Waals surface area contributed by atoms with Crippen LogP contribution in [0.15, 0.2) is 53.3 Å². The molecule has 0 fully saturated rings. The molecule has 2 heterocycles. The van der Waals surface area contributed by atoms with E-state index in [0.717, 1.165) is 12.0 Å². The van der Waals surface area contributed by atoms with Crippen molar-refractivity contribution in [2.45, 2.75) is 18.9 Å². The smallest absolute Gasteiger partial charge is 0.272 e. The Balaban J connectivity index is 1.46. The highest BCUT2D eigenvalue weighted by Gasteiger charge is 2.21. The summed E-state index contributed by atoms with van der Waals surface area (Å²) in [6.07, 6.45) is 0.865. The summed E-state index contributed by atoms with van der Waals surface area (Å²) in [4.78, 5) is 24.2. The van der Waals surface area contributed by atoms with Crippen LogP contribution in [0.4, 0.5) is 0 Å². The summed E-state index contributed by atoms with van der Waals surface area (Å²) in [7, 11) is 0. The van der Waals surface area contributed by atoms with Gasteiger partial charge in [-0.2, -0.15) is 5.10 Å². The number of amides is 1. The Morgan fingerprint density at radius 1 is 1.15 bits per heavy atom. The van der Waals surface area contributed by atoms with Gasteiger partial charge in [0.15, 0.2) is 0 Å². The number of carbonyl (C=O) groups excluding carboxylic acids is 1. The van der Waals surface area contributed by atoms with Crippen molar-refractivity contribution >= 4 is 16.7 Å². The lowest BCUT2D eigenvalue weighted by molar-refractivity contribution is -0.121. The molecule has 1 atom stereocenters. The van der Waals surface area contributed by atoms with Crippen LogP contribution in [-0.4, -0.2) is 29.3 Å². The van der Waals surface area contributed by atoms with Gasteiger partial charge < -0.3 is 10.1 Å². The van der Waals surface area contributed by atoms with Crippen molar-refractivity contribution in [1.29, 1.82) is 0 Å². The van der Waals surface area contributed by atoms with Gasteiger partial charge in [-0.25, -0.2) is 5.10 Å². The van der Waals surface area contributed by atoms with Gasteiger partial charge in [-0.15, -0.1) is 0 Å². The summed E-state index contributed by atoms with van der Waals surface area (Å²) in [6, 6.07) is 15.3. The molecular formula is C20H19N3O3. The van der Waals surface area contributed by atoms with Crippen LogP contribution in [0.1, 0.15) is 22.9 Å². The fraction of sp³-hybridized carbons (Fsp3) is 0.250. The molecule has 6 nitrogen and oxygen atoms in total. The van der Waals surface area contributed by atoms with E-state index < -0.39 is 0 Å². The Morgan fingerprint density at radius 3 is 2.81 bits per heavy atom. The molecule has 0 bridgehead atoms. The first-order valence-corrected chi connectivity index (χ1v) is 8.65. The number of ether oxygens (including phenoxy) is 1. The first-order valence-electron chi connectivity index (χ1n) is 8.65. The first-order chi connectivity index (χ1) is 12.7. The summed E-state index contributed by atoms with van der Waals surface area (Å²) >= 11 is 0. The minimum absolute atomic E-state index is 0.103. The number of hydrogen-bond donors (Lipinski definition) is 2. The summed E-state index contributed by atoms with van der Waals surface area (Å²) in [6.45, 7) is 1.07. The molecule has 0 aliphatic carbocycles. The van der Waals surface area contributed by atoms with Gasteiger partial charge in [0.25, 0.3) is 5.56 Å². The SMILES string of the molecule is O=C(Cc1n[nH]c(=O)c2ccccc12)NCC1OCCc2ccccc21. The van der Waals surface area contributed by atoms with Gasteiger partial charge in [-0.05, 0) is 23.6 Å². The van der Waals surface area contributed by atoms with Crippen molar-refractivity contribution in [2.75, 3.05) is 13.2 Å². The Labute approximate surface area is 150 Å². The second-order valence-electron chi connectivity index (χ2n) is 6.33. The number of nitrogens with one attached hydrogen (secondary N) is 2. The Hall–Kier alpha value is -2.99. The van der Waals surface area contributed by atoms with Gasteiger partial charge in [-0.1, -0.05) is 42.5 Å². The van der Waals surface area contributed by atoms with E-state index in [9.17, 15) is 9.59 Å². The van der Waals surface area contributed by atoms with E-state index in [-0.39, 0.29) is 24.0 Å². The maximum absolute atomic E-state index is 12.4. The van der Waals surface area contributed by atoms with Gasteiger partial charge >= 0.3 is 0 Å². The minimum atomic E-state index is -0.253. The fourth-order valence-corrected chi connectivity index (χ4v) is 3.37. The zero-order valence-corrected chi connectivity index (χ0v) is 14.2. The number of hydrogen-bond acceptors (Lipinski definition) is 4. The number of nitrogens with zero attached hydrogens (tertiary/aromatic N) is 1. The number of H-pyrrole nitrogens is 1. The van der Waals surface area contributed by atoms with Gasteiger partial charge in [0.2, 0.25) is 5.91 Å². The van der Waals surface area contributed by atoms with Crippen LogP contribution in [-0.2, 0) is 22.4 Å². The predicted molar refractivity (Wildman–Crippen MR) is 97.9 cm³/mol. The molecule has 2 N–H and O–H groups in total. The lowest BCUT2D eigenvalue weighted by Crippen LogP contribution is -2.33. The van der Waals surface area contributed by atoms with Crippen LogP contribution in [0.5, 0.6) is 0 Å². The maximum atomic E-state index is 12.4. The molecule has 132 valence electrons. The fourth-order valence-electron chi connectivity index (χ4n) is 3.37. The average molecular weight is 349 g/mol. The molecule has 0 spiro atoms. The van der Waals surface area contributed by atoms with Crippen LogP contribution in [0.25, 0.3) is 10.8 Å². The molecule has 3 aromatic rings. The number of aromatic nitrogens is 2. The monoisotopic (exact) mass is 349 g/mol. The van der Waals surface area contributed by atoms with Crippen molar-refractivity contribution in [2.24, 2.45) is 0 Å². The van der Waals surface area contributed by atoms with Crippen LogP contribution < -0.4 is 10.9 Å². The Bertz CT molecular complexity index is 1010. The van der Waals surface area contributed by atoms with Crippen LogP contribution in [0, 0.1) is 0 Å². The molecule has 4 rings (SSSR count). The molecule has 0 saturated carbocycles. The number of benzene rings is 2. The Kier molecular flexibility index (Phi) is 4.50. The number of carbonyl (C=O) groups is 1. The van der Waals surface area contributed by atoms with E-state index in [1.54, 1.807) is 18.2 Å². The summed E-state index contributed by atoms with van der Waals surface area (Å²) in [5, 5.41) is 10.7. The van der Waals surface area contributed by atoms with Crippen molar-refractivity contribution in [3.63, 3.8) is 0 Å². The summed E-state index contributed by atoms with van der Waals surface area (Å²) < 4.78 is 5.81. The van der Waals surface area contributed by atoms with Crippen LogP contribution >= 0.6 is 0 Å². The summed E-state index contributed by atoms with van der Waals surface area (Å²) in [5.74, 6) is -0.152. The van der Waals surface area contributed by atoms with Crippen LogP contribution in [0.2, 0.25) is 0 Å². The van der Waals surface area contributed by atoms with Gasteiger partial charge in [0.05, 0.1) is 24.1 Å². The van der Waals surface area contributed by atoms with E-state index in [4.69, 9.17) is 4.74 Å². The third kappa shape index (κ3) is 3.23. The van der Waals surface area contributed by atoms with E-state index in [2.05, 4.69) is 21.6 Å².